The third kappa shape index (κ3) is 15.7. The fourth-order valence-electron chi connectivity index (χ4n) is 11.7. The van der Waals surface area contributed by atoms with Gasteiger partial charge in [-0.3, -0.25) is 43.7 Å². The predicted molar refractivity (Wildman–Crippen MR) is 343 cm³/mol. The van der Waals surface area contributed by atoms with Crippen LogP contribution in [0.3, 0.4) is 0 Å². The average molecular weight is 1300 g/mol. The van der Waals surface area contributed by atoms with Crippen LogP contribution in [0.1, 0.15) is 108 Å². The molecule has 6 heterocycles. The van der Waals surface area contributed by atoms with E-state index in [0.717, 1.165) is 33.6 Å². The van der Waals surface area contributed by atoms with E-state index >= 15 is 0 Å². The van der Waals surface area contributed by atoms with Gasteiger partial charge in [0, 0.05) is 101 Å². The SMILES string of the molecule is COc1ccc(C2=CN3C(=O)c4ccc(OCCCOc5ccc6c(c5)N=C[C@@H]5CC(c7ccc(CNC(=O)OCc8ccc(O[C@@H]9OC(C(=O)O)[C@@H](O)C(O)[C@@H]9O)c(NC(=O)CCNC(=O)CCCCCN9C(=O)CC(C)C9=O)c8)cc7)=CN5C6=O)cc4N=C[C@@H]3C2)cc1. The summed E-state index contributed by atoms with van der Waals surface area (Å²) in [6.45, 7) is 2.41. The molecule has 0 aliphatic carbocycles. The number of anilines is 1. The second-order valence-electron chi connectivity index (χ2n) is 23.7. The lowest BCUT2D eigenvalue weighted by Crippen LogP contribution is -2.61. The largest absolute Gasteiger partial charge is 0.497 e. The van der Waals surface area contributed by atoms with Crippen LogP contribution in [0.15, 0.2) is 126 Å². The number of aliphatic imine (C=N–C) groups is 2. The Morgan fingerprint density at radius 2 is 1.24 bits per heavy atom. The van der Waals surface area contributed by atoms with Gasteiger partial charge in [0.05, 0.1) is 60.6 Å². The van der Waals surface area contributed by atoms with Crippen LogP contribution in [0, 0.1) is 5.92 Å². The highest BCUT2D eigenvalue weighted by Gasteiger charge is 2.48. The number of benzene rings is 5. The molecule has 11 rings (SSSR count). The number of amides is 7. The molecule has 6 aliphatic heterocycles. The Bertz CT molecular complexity index is 3890. The van der Waals surface area contributed by atoms with Crippen LogP contribution in [0.4, 0.5) is 21.9 Å². The van der Waals surface area contributed by atoms with Crippen molar-refractivity contribution < 1.29 is 87.2 Å². The molecule has 0 radical (unpaired) electrons. The number of imide groups is 1. The second kappa shape index (κ2) is 29.8. The number of ether oxygens (including phenoxy) is 6. The maximum absolute atomic E-state index is 14.0. The fraction of sp³-hybridized carbons (Fsp3) is 0.362. The lowest BCUT2D eigenvalue weighted by Gasteiger charge is -2.38. The highest BCUT2D eigenvalue weighted by Crippen LogP contribution is 2.39. The molecule has 8 atom stereocenters. The Kier molecular flexibility index (Phi) is 20.7. The second-order valence-corrected chi connectivity index (χ2v) is 23.7. The van der Waals surface area contributed by atoms with Gasteiger partial charge in [-0.25, -0.2) is 9.59 Å². The number of carboxylic acids is 1. The lowest BCUT2D eigenvalue weighted by molar-refractivity contribution is -0.271. The Hall–Kier alpha value is -10.3. The number of aliphatic hydroxyl groups is 3. The van der Waals surface area contributed by atoms with Crippen molar-refractivity contribution in [2.75, 3.05) is 38.7 Å². The van der Waals surface area contributed by atoms with E-state index in [1.54, 1.807) is 66.4 Å². The first kappa shape index (κ1) is 66.2. The molecule has 95 heavy (non-hydrogen) atoms. The molecule has 496 valence electrons. The molecule has 0 saturated carbocycles. The van der Waals surface area contributed by atoms with Gasteiger partial charge in [0.25, 0.3) is 11.8 Å². The maximum atomic E-state index is 14.0. The molecule has 2 fully saturated rings. The summed E-state index contributed by atoms with van der Waals surface area (Å²) in [5.41, 5.74) is 6.86. The van der Waals surface area contributed by atoms with Crippen molar-refractivity contribution in [3.05, 3.63) is 149 Å². The Morgan fingerprint density at radius 1 is 0.642 bits per heavy atom. The highest BCUT2D eigenvalue weighted by atomic mass is 16.7. The van der Waals surface area contributed by atoms with E-state index in [2.05, 4.69) is 20.9 Å². The van der Waals surface area contributed by atoms with Gasteiger partial charge in [-0.1, -0.05) is 55.8 Å². The number of hydrogen-bond donors (Lipinski definition) is 7. The number of aliphatic hydroxyl groups excluding tert-OH is 3. The van der Waals surface area contributed by atoms with Crippen molar-refractivity contribution >= 4 is 88.1 Å². The van der Waals surface area contributed by atoms with E-state index in [-0.39, 0.29) is 97.9 Å². The van der Waals surface area contributed by atoms with E-state index < -0.39 is 48.7 Å². The van der Waals surface area contributed by atoms with Crippen molar-refractivity contribution in [2.24, 2.45) is 15.9 Å². The van der Waals surface area contributed by atoms with E-state index in [1.807, 2.05) is 67.1 Å². The maximum Gasteiger partial charge on any atom is 0.407 e. The number of unbranched alkanes of at least 4 members (excludes halogenated alkanes) is 2. The number of nitrogens with one attached hydrogen (secondary N) is 3. The summed E-state index contributed by atoms with van der Waals surface area (Å²) in [6.07, 6.45) is 0.319. The normalized spacial score (nSPS) is 21.7. The number of nitrogens with zero attached hydrogens (tertiary/aromatic N) is 5. The summed E-state index contributed by atoms with van der Waals surface area (Å²) in [5.74, 6) is -1.86. The molecule has 0 spiro atoms. The van der Waals surface area contributed by atoms with Crippen LogP contribution in [-0.2, 0) is 46.6 Å². The first-order chi connectivity index (χ1) is 45.9. The molecular weight excluding hydrogens is 1230 g/mol. The third-order valence-corrected chi connectivity index (χ3v) is 17.0. The number of alkyl carbamates (subject to hydrolysis) is 1. The van der Waals surface area contributed by atoms with Crippen LogP contribution in [0.5, 0.6) is 23.0 Å². The minimum atomic E-state index is -1.98. The minimum absolute atomic E-state index is 0.0344. The number of methoxy groups -OCH3 is 1. The lowest BCUT2D eigenvalue weighted by atomic mass is 9.99. The van der Waals surface area contributed by atoms with Crippen LogP contribution < -0.4 is 34.9 Å². The molecule has 5 aromatic carbocycles. The number of hydrogen-bond acceptors (Lipinski definition) is 19. The van der Waals surface area contributed by atoms with Gasteiger partial charge in [0.15, 0.2) is 6.10 Å². The summed E-state index contributed by atoms with van der Waals surface area (Å²) >= 11 is 0. The standard InChI is InChI=1S/C69H72N8O18/c1-39-27-59(80)75(64(39)84)24-5-3-4-7-57(78)70-23-22-58(79)74-55-28-41(10-21-56(55)94-68-62(83)60(81)61(82)63(95-68)67(87)88)38-93-69(89)73-33-40-8-11-42(12-9-40)44-29-46-34-71-53-31-49(17-19-51(53)65(85)76(46)36-44)91-25-6-26-92-50-18-20-52-54(32-50)72-35-47-30-45(37-77(47)66(52)86)43-13-15-48(90-2)16-14-43/h8-21,28,31-32,34-37,39,46-47,60-63,68,81-83H,3-7,22-27,29-30,33,38H2,1-2H3,(H,70,78)(H,73,89)(H,74,79)(H,87,88)/t39?,46-,47-,60?,61-,62-,63?,68+/m0/s1. The van der Waals surface area contributed by atoms with Gasteiger partial charge in [-0.15, -0.1) is 0 Å². The zero-order valence-corrected chi connectivity index (χ0v) is 52.1. The van der Waals surface area contributed by atoms with Crippen LogP contribution in [0.25, 0.3) is 11.1 Å². The van der Waals surface area contributed by atoms with Crippen molar-refractivity contribution in [3.8, 4) is 23.0 Å². The number of carbonyl (C=O) groups is 8. The predicted octanol–water partition coefficient (Wildman–Crippen LogP) is 6.58. The fourth-order valence-corrected chi connectivity index (χ4v) is 11.7. The topological polar surface area (TPSA) is 343 Å². The Labute approximate surface area is 545 Å². The van der Waals surface area contributed by atoms with Gasteiger partial charge in [0.2, 0.25) is 29.9 Å². The number of carboxylic acid groups (broad SMARTS) is 1. The number of fused-ring (bicyclic) bond motifs is 4. The monoisotopic (exact) mass is 1300 g/mol. The summed E-state index contributed by atoms with van der Waals surface area (Å²) in [5, 5.41) is 48.9. The highest BCUT2D eigenvalue weighted by molar-refractivity contribution is 6.06. The first-order valence-electron chi connectivity index (χ1n) is 31.3. The van der Waals surface area contributed by atoms with Crippen LogP contribution in [0.2, 0.25) is 0 Å². The van der Waals surface area contributed by atoms with E-state index in [1.165, 1.54) is 23.1 Å². The van der Waals surface area contributed by atoms with Crippen molar-refractivity contribution in [1.29, 1.82) is 0 Å². The molecule has 5 aromatic rings. The molecule has 26 heteroatoms. The van der Waals surface area contributed by atoms with Gasteiger partial charge < -0.3 is 74.6 Å². The number of likely N-dealkylation sites (tertiary alicyclic amines) is 1. The molecule has 6 aliphatic rings. The van der Waals surface area contributed by atoms with Gasteiger partial charge in [0.1, 0.15) is 47.9 Å². The smallest absolute Gasteiger partial charge is 0.407 e. The van der Waals surface area contributed by atoms with Gasteiger partial charge >= 0.3 is 12.1 Å². The molecular formula is C69H72N8O18. The molecule has 7 N–H and O–H groups in total. The molecule has 0 aromatic heterocycles. The summed E-state index contributed by atoms with van der Waals surface area (Å²) in [7, 11) is 1.62. The van der Waals surface area contributed by atoms with E-state index in [0.29, 0.717) is 97.8 Å². The molecule has 2 saturated heterocycles. The van der Waals surface area contributed by atoms with Crippen LogP contribution >= 0.6 is 0 Å². The van der Waals surface area contributed by atoms with E-state index in [9.17, 15) is 58.8 Å². The summed E-state index contributed by atoms with van der Waals surface area (Å²) in [6, 6.07) is 29.4. The van der Waals surface area contributed by atoms with Crippen molar-refractivity contribution in [1.82, 2.24) is 25.3 Å². The minimum Gasteiger partial charge on any atom is -0.497 e. The van der Waals surface area contributed by atoms with Crippen molar-refractivity contribution in [2.45, 2.75) is 121 Å². The number of aliphatic carboxylic acids is 1. The summed E-state index contributed by atoms with van der Waals surface area (Å²) in [4.78, 5) is 116. The van der Waals surface area contributed by atoms with Crippen LogP contribution in [-0.4, -0.2) is 171 Å². The zero-order chi connectivity index (χ0) is 66.9. The molecule has 0 bridgehead atoms. The van der Waals surface area contributed by atoms with Gasteiger partial charge in [-0.05, 0) is 94.8 Å². The molecule has 7 amide bonds. The number of carbonyl (C=O) groups excluding carboxylic acids is 7. The summed E-state index contributed by atoms with van der Waals surface area (Å²) < 4.78 is 33.9. The first-order valence-corrected chi connectivity index (χ1v) is 31.3. The number of rotatable bonds is 26. The zero-order valence-electron chi connectivity index (χ0n) is 52.1. The molecule has 26 nitrogen and oxygen atoms in total. The third-order valence-electron chi connectivity index (χ3n) is 17.0. The Morgan fingerprint density at radius 3 is 1.83 bits per heavy atom. The average Bonchev–Trinajstić information content (AvgIpc) is 1.75. The Balaban J connectivity index is 0.622. The van der Waals surface area contributed by atoms with E-state index in [4.69, 9.17) is 33.4 Å². The molecule has 3 unspecified atom stereocenters. The van der Waals surface area contributed by atoms with Crippen molar-refractivity contribution in [3.63, 3.8) is 0 Å². The van der Waals surface area contributed by atoms with Gasteiger partial charge in [-0.2, -0.15) is 0 Å². The quantitative estimate of drug-likeness (QED) is 0.0227.